The quantitative estimate of drug-likeness (QED) is 0.0761. The van der Waals surface area contributed by atoms with Crippen LogP contribution >= 0.6 is 15.9 Å². The molecule has 2 aromatic heterocycles. The van der Waals surface area contributed by atoms with E-state index in [0.29, 0.717) is 63.7 Å². The van der Waals surface area contributed by atoms with Crippen LogP contribution in [0, 0.1) is 0 Å². The normalized spacial score (nSPS) is 21.9. The third-order valence-corrected chi connectivity index (χ3v) is 14.3. The van der Waals surface area contributed by atoms with Gasteiger partial charge in [-0.1, -0.05) is 78.8 Å². The van der Waals surface area contributed by atoms with Crippen molar-refractivity contribution in [2.45, 2.75) is 155 Å². The van der Waals surface area contributed by atoms with E-state index in [2.05, 4.69) is 78.2 Å². The molecule has 5 saturated heterocycles. The summed E-state index contributed by atoms with van der Waals surface area (Å²) in [5.74, 6) is 1.92. The Kier molecular flexibility index (Phi) is 19.1. The standard InChI is InChI=1S/C26H33N3O3.C16H23BO3.C16H22BrN3O2/c1-26(2,3)32-25(30)28-17-23-11-12-24(18-28)29(23)22-13-14-27-21(16-22)10-7-15-31-19-20-8-5-4-6-9-20;1-15(2)16(3,4)20-17(19-15)11-8-12-18-13-14-9-6-5-7-10-14;1-16(2,3)22-15(21)19-9-12-4-5-13(10-19)20(12)11-6-7-18-14(17)8-11/h4-10,13-14,16,23-24H,11-12,15,17-19H2,1-3H3;5-11H,12-13H2,1-4H3;6-8,12-13H,4-5,9-10H2,1-3H3/b10-7+;11-8+;. The number of hydrogen-bond acceptors (Lipinski definition) is 12. The van der Waals surface area contributed by atoms with E-state index in [-0.39, 0.29) is 30.5 Å². The van der Waals surface area contributed by atoms with E-state index in [1.807, 2.05) is 158 Å². The van der Waals surface area contributed by atoms with Gasteiger partial charge in [0.2, 0.25) is 0 Å². The molecular formula is C58H78BBrN6O8. The zero-order valence-electron chi connectivity index (χ0n) is 45.2. The first-order chi connectivity index (χ1) is 35.1. The van der Waals surface area contributed by atoms with Crippen molar-refractivity contribution < 1.29 is 37.8 Å². The first-order valence-corrected chi connectivity index (χ1v) is 26.9. The minimum absolute atomic E-state index is 0.194. The molecule has 16 heteroatoms. The summed E-state index contributed by atoms with van der Waals surface area (Å²) < 4.78 is 35.0. The number of anilines is 2. The predicted octanol–water partition coefficient (Wildman–Crippen LogP) is 11.7. The molecule has 2 aromatic carbocycles. The van der Waals surface area contributed by atoms with E-state index in [1.165, 1.54) is 22.5 Å². The molecule has 5 fully saturated rings. The molecule has 2 amide bonds. The average Bonchev–Trinajstić information content (AvgIpc) is 3.85. The number of hydrogen-bond donors (Lipinski definition) is 0. The summed E-state index contributed by atoms with van der Waals surface area (Å²) in [4.78, 5) is 42.2. The summed E-state index contributed by atoms with van der Waals surface area (Å²) in [5.41, 5.74) is 4.13. The van der Waals surface area contributed by atoms with Crippen molar-refractivity contribution in [2.75, 3.05) is 49.2 Å². The number of rotatable bonds is 12. The van der Waals surface area contributed by atoms with Gasteiger partial charge < -0.3 is 47.9 Å². The molecule has 0 N–H and O–H groups in total. The van der Waals surface area contributed by atoms with Crippen LogP contribution in [0.2, 0.25) is 0 Å². The van der Waals surface area contributed by atoms with Gasteiger partial charge in [0.1, 0.15) is 15.8 Å². The van der Waals surface area contributed by atoms with Gasteiger partial charge in [-0.3, -0.25) is 4.98 Å². The molecule has 4 unspecified atom stereocenters. The van der Waals surface area contributed by atoms with Crippen LogP contribution in [0.15, 0.2) is 120 Å². The first kappa shape index (κ1) is 56.5. The van der Waals surface area contributed by atoms with E-state index < -0.39 is 11.2 Å². The molecule has 0 spiro atoms. The number of carbonyl (C=O) groups excluding carboxylic acids is 2. The number of carbonyl (C=O) groups is 2. The molecule has 5 aliphatic rings. The topological polar surface area (TPSA) is 128 Å². The van der Waals surface area contributed by atoms with Gasteiger partial charge in [-0.05, 0) is 152 Å². The van der Waals surface area contributed by atoms with Crippen LogP contribution in [0.4, 0.5) is 21.0 Å². The van der Waals surface area contributed by atoms with E-state index in [9.17, 15) is 9.59 Å². The Labute approximate surface area is 449 Å². The number of nitrogens with zero attached hydrogens (tertiary/aromatic N) is 6. The number of ether oxygens (including phenoxy) is 4. The van der Waals surface area contributed by atoms with Gasteiger partial charge in [0.15, 0.2) is 0 Å². The van der Waals surface area contributed by atoms with Crippen LogP contribution in [0.3, 0.4) is 0 Å². The molecule has 14 nitrogen and oxygen atoms in total. The third-order valence-electron chi connectivity index (χ3n) is 13.8. The fourth-order valence-electron chi connectivity index (χ4n) is 9.78. The highest BCUT2D eigenvalue weighted by Crippen LogP contribution is 2.39. The SMILES string of the molecule is CC(C)(C)OC(=O)N1CC2CCC(C1)N2c1ccnc(/C=C/COCc2ccccc2)c1.CC(C)(C)OC(=O)N1CC2CCC(C1)N2c1ccnc(Br)c1.CC1(C)OB(/C=C/COCc2ccccc2)OC1(C)C. The number of amides is 2. The molecule has 0 saturated carbocycles. The highest BCUT2D eigenvalue weighted by atomic mass is 79.9. The summed E-state index contributed by atoms with van der Waals surface area (Å²) in [5, 5.41) is 0. The lowest BCUT2D eigenvalue weighted by molar-refractivity contribution is 0.00578. The summed E-state index contributed by atoms with van der Waals surface area (Å²) in [6.07, 6.45) is 13.6. The lowest BCUT2D eigenvalue weighted by Crippen LogP contribution is -2.56. The molecule has 74 heavy (non-hydrogen) atoms. The smallest absolute Gasteiger partial charge is 0.444 e. The Balaban J connectivity index is 0.000000168. The van der Waals surface area contributed by atoms with Crippen LogP contribution in [0.5, 0.6) is 0 Å². The lowest BCUT2D eigenvalue weighted by atomic mass is 9.90. The average molecular weight is 1080 g/mol. The maximum Gasteiger partial charge on any atom is 0.486 e. The maximum absolute atomic E-state index is 12.5. The van der Waals surface area contributed by atoms with Crippen molar-refractivity contribution >= 4 is 52.7 Å². The van der Waals surface area contributed by atoms with Gasteiger partial charge >= 0.3 is 19.3 Å². The number of benzene rings is 2. The number of fused-ring (bicyclic) bond motifs is 4. The molecule has 9 rings (SSSR count). The highest BCUT2D eigenvalue weighted by Gasteiger charge is 2.50. The van der Waals surface area contributed by atoms with Gasteiger partial charge in [-0.15, -0.1) is 0 Å². The Hall–Kier alpha value is -5.26. The second kappa shape index (κ2) is 25.1. The summed E-state index contributed by atoms with van der Waals surface area (Å²) in [7, 11) is -0.291. The summed E-state index contributed by atoms with van der Waals surface area (Å²) >= 11 is 3.43. The van der Waals surface area contributed by atoms with Crippen molar-refractivity contribution in [3.63, 3.8) is 0 Å². The lowest BCUT2D eigenvalue weighted by Gasteiger charge is -2.42. The van der Waals surface area contributed by atoms with Crippen LogP contribution in [-0.4, -0.2) is 125 Å². The predicted molar refractivity (Wildman–Crippen MR) is 297 cm³/mol. The molecule has 4 atom stereocenters. The highest BCUT2D eigenvalue weighted by molar-refractivity contribution is 9.10. The summed E-state index contributed by atoms with van der Waals surface area (Å²) in [6.45, 7) is 24.8. The molecule has 4 aromatic rings. The maximum atomic E-state index is 12.5. The number of likely N-dealkylation sites (tertiary alicyclic amines) is 2. The van der Waals surface area contributed by atoms with E-state index in [1.54, 1.807) is 0 Å². The van der Waals surface area contributed by atoms with E-state index >= 15 is 0 Å². The Morgan fingerprint density at radius 3 is 1.49 bits per heavy atom. The van der Waals surface area contributed by atoms with Crippen LogP contribution in [0.25, 0.3) is 6.08 Å². The second-order valence-corrected chi connectivity index (χ2v) is 23.4. The van der Waals surface area contributed by atoms with E-state index in [4.69, 9.17) is 28.3 Å². The minimum atomic E-state index is -0.468. The van der Waals surface area contributed by atoms with Crippen LogP contribution in [-0.2, 0) is 41.5 Å². The van der Waals surface area contributed by atoms with Crippen molar-refractivity contribution in [3.05, 3.63) is 137 Å². The molecule has 4 bridgehead atoms. The fourth-order valence-corrected chi connectivity index (χ4v) is 10.1. The second-order valence-electron chi connectivity index (χ2n) is 22.6. The molecule has 5 aliphatic heterocycles. The van der Waals surface area contributed by atoms with Crippen molar-refractivity contribution in [1.82, 2.24) is 19.8 Å². The van der Waals surface area contributed by atoms with Crippen LogP contribution in [0.1, 0.15) is 112 Å². The minimum Gasteiger partial charge on any atom is -0.444 e. The summed E-state index contributed by atoms with van der Waals surface area (Å²) in [6, 6.07) is 29.9. The van der Waals surface area contributed by atoms with E-state index in [0.717, 1.165) is 49.1 Å². The van der Waals surface area contributed by atoms with Crippen LogP contribution < -0.4 is 9.80 Å². The van der Waals surface area contributed by atoms with Crippen molar-refractivity contribution in [1.29, 1.82) is 0 Å². The number of pyridine rings is 2. The zero-order valence-corrected chi connectivity index (χ0v) is 46.8. The molecule has 7 heterocycles. The fraction of sp³-hybridized carbons (Fsp3) is 0.517. The number of aromatic nitrogens is 2. The Morgan fingerprint density at radius 1 is 0.635 bits per heavy atom. The van der Waals surface area contributed by atoms with Gasteiger partial charge in [-0.25, -0.2) is 14.6 Å². The van der Waals surface area contributed by atoms with Gasteiger partial charge in [0.05, 0.1) is 43.3 Å². The Bertz CT molecular complexity index is 2460. The van der Waals surface area contributed by atoms with Crippen molar-refractivity contribution in [3.8, 4) is 0 Å². The van der Waals surface area contributed by atoms with Gasteiger partial charge in [0, 0.05) is 74.1 Å². The molecule has 0 radical (unpaired) electrons. The molecular weight excluding hydrogens is 999 g/mol. The zero-order chi connectivity index (χ0) is 53.1. The molecule has 398 valence electrons. The van der Waals surface area contributed by atoms with Gasteiger partial charge in [0.25, 0.3) is 0 Å². The van der Waals surface area contributed by atoms with Gasteiger partial charge in [-0.2, -0.15) is 0 Å². The number of piperazine rings is 2. The third kappa shape index (κ3) is 16.1. The first-order valence-electron chi connectivity index (χ1n) is 26.2. The largest absolute Gasteiger partial charge is 0.486 e. The Morgan fingerprint density at radius 2 is 1.05 bits per heavy atom. The molecule has 0 aliphatic carbocycles. The monoisotopic (exact) mass is 1080 g/mol. The number of halogens is 1. The van der Waals surface area contributed by atoms with Crippen molar-refractivity contribution in [2.24, 2.45) is 0 Å².